The van der Waals surface area contributed by atoms with E-state index in [2.05, 4.69) is 25.6 Å². The Morgan fingerprint density at radius 1 is 1.00 bits per heavy atom. The molecule has 0 unspecified atom stereocenters. The number of hydrogen-bond donors (Lipinski definition) is 3. The minimum Gasteiger partial charge on any atom is -0.375 e. The largest absolute Gasteiger partial charge is 0.375 e. The van der Waals surface area contributed by atoms with Crippen molar-refractivity contribution in [2.75, 3.05) is 37.2 Å². The highest BCUT2D eigenvalue weighted by Crippen LogP contribution is 2.25. The van der Waals surface area contributed by atoms with Crippen LogP contribution in [0.2, 0.25) is 0 Å². The van der Waals surface area contributed by atoms with E-state index in [1.165, 1.54) is 15.6 Å². The number of nitrogens with two attached hydrogens (primary N) is 1. The van der Waals surface area contributed by atoms with Crippen LogP contribution in [0.5, 0.6) is 0 Å². The molecule has 1 aliphatic rings. The molecule has 1 aliphatic heterocycles. The molecule has 0 atom stereocenters. The third-order valence-corrected chi connectivity index (χ3v) is 8.15. The van der Waals surface area contributed by atoms with Crippen molar-refractivity contribution in [2.24, 2.45) is 0 Å². The predicted octanol–water partition coefficient (Wildman–Crippen LogP) is 3.60. The fourth-order valence-corrected chi connectivity index (χ4v) is 5.84. The van der Waals surface area contributed by atoms with Crippen LogP contribution in [0.4, 0.5) is 16.8 Å². The maximum atomic E-state index is 12.8. The molecule has 2 aromatic heterocycles. The van der Waals surface area contributed by atoms with Crippen molar-refractivity contribution in [1.29, 1.82) is 0 Å². The van der Waals surface area contributed by atoms with Crippen molar-refractivity contribution in [2.45, 2.75) is 4.90 Å². The minimum absolute atomic E-state index is 0. The van der Waals surface area contributed by atoms with Gasteiger partial charge < -0.3 is 16.4 Å². The first-order valence-corrected chi connectivity index (χ1v) is 13.0. The fourth-order valence-electron chi connectivity index (χ4n) is 3.62. The van der Waals surface area contributed by atoms with Gasteiger partial charge in [0, 0.05) is 49.8 Å². The number of benzene rings is 2. The second-order valence-corrected chi connectivity index (χ2v) is 10.8. The molecule has 0 aliphatic carbocycles. The summed E-state index contributed by atoms with van der Waals surface area (Å²) in [4.78, 5) is 13.2. The molecular weight excluding hydrogens is 506 g/mol. The summed E-state index contributed by atoms with van der Waals surface area (Å²) in [7, 11) is -3.48. The molecular formula is C23H24ClN7O2S2. The monoisotopic (exact) mass is 529 g/mol. The predicted molar refractivity (Wildman–Crippen MR) is 144 cm³/mol. The average Bonchev–Trinajstić information content (AvgIpc) is 3.24. The van der Waals surface area contributed by atoms with Crippen LogP contribution >= 0.6 is 23.7 Å². The maximum Gasteiger partial charge on any atom is 0.243 e. The quantitative estimate of drug-likeness (QED) is 0.346. The van der Waals surface area contributed by atoms with Crippen molar-refractivity contribution < 1.29 is 8.42 Å². The third-order valence-electron chi connectivity index (χ3n) is 5.39. The molecule has 4 N–H and O–H groups in total. The van der Waals surface area contributed by atoms with Gasteiger partial charge in [0.05, 0.1) is 15.1 Å². The van der Waals surface area contributed by atoms with Crippen molar-refractivity contribution in [3.63, 3.8) is 0 Å². The van der Waals surface area contributed by atoms with Crippen molar-refractivity contribution in [3.8, 4) is 0 Å². The fraction of sp³-hybridized carbons (Fsp3) is 0.174. The third kappa shape index (κ3) is 5.77. The number of aromatic nitrogens is 3. The molecule has 0 saturated carbocycles. The number of halogens is 1. The lowest BCUT2D eigenvalue weighted by Gasteiger charge is -2.26. The Morgan fingerprint density at radius 2 is 1.69 bits per heavy atom. The molecule has 1 fully saturated rings. The van der Waals surface area contributed by atoms with Gasteiger partial charge in [0.15, 0.2) is 5.13 Å². The van der Waals surface area contributed by atoms with Crippen LogP contribution in [0.15, 0.2) is 59.8 Å². The zero-order valence-corrected chi connectivity index (χ0v) is 21.0. The summed E-state index contributed by atoms with van der Waals surface area (Å²) < 4.78 is 28.1. The molecule has 182 valence electrons. The van der Waals surface area contributed by atoms with Gasteiger partial charge in [-0.2, -0.15) is 4.31 Å². The Bertz CT molecular complexity index is 1430. The number of nitrogens with zero attached hydrogens (tertiary/aromatic N) is 4. The van der Waals surface area contributed by atoms with Gasteiger partial charge in [-0.25, -0.2) is 23.4 Å². The molecule has 1 saturated heterocycles. The first-order valence-electron chi connectivity index (χ1n) is 10.7. The Hall–Kier alpha value is -3.09. The van der Waals surface area contributed by atoms with Gasteiger partial charge in [0.2, 0.25) is 16.0 Å². The van der Waals surface area contributed by atoms with Gasteiger partial charge in [-0.05, 0) is 42.0 Å². The highest BCUT2D eigenvalue weighted by Gasteiger charge is 2.25. The number of piperazine rings is 1. The summed E-state index contributed by atoms with van der Waals surface area (Å²) in [5.41, 5.74) is 9.26. The number of fused-ring (bicyclic) bond motifs is 1. The standard InChI is InChI=1S/C23H23N7O2S2.ClH/c24-22-29-20-8-3-16(13-21(20)33-22)1-2-17-14-26-23(27-15-17)28-18-4-6-19(7-5-18)34(31,32)30-11-9-25-10-12-30;/h1-8,13-15,25H,9-12H2,(H2,24,29)(H,26,27,28);1H/b2-1+;. The second kappa shape index (κ2) is 10.7. The number of rotatable bonds is 6. The van der Waals surface area contributed by atoms with Gasteiger partial charge in [-0.3, -0.25) is 0 Å². The smallest absolute Gasteiger partial charge is 0.243 e. The Balaban J connectivity index is 0.00000289. The second-order valence-electron chi connectivity index (χ2n) is 7.76. The zero-order valence-electron chi connectivity index (χ0n) is 18.6. The molecule has 12 heteroatoms. The van der Waals surface area contributed by atoms with Crippen LogP contribution in [-0.2, 0) is 10.0 Å². The SMILES string of the molecule is Cl.Nc1nc2ccc(/C=C/c3cnc(Nc4ccc(S(=O)(=O)N5CCNCC5)cc4)nc3)cc2s1. The van der Waals surface area contributed by atoms with Gasteiger partial charge in [-0.1, -0.05) is 29.6 Å². The van der Waals surface area contributed by atoms with Crippen LogP contribution in [0.3, 0.4) is 0 Å². The number of nitrogen functional groups attached to an aromatic ring is 1. The van der Waals surface area contributed by atoms with E-state index >= 15 is 0 Å². The number of anilines is 3. The molecule has 0 amide bonds. The molecule has 5 rings (SSSR count). The van der Waals surface area contributed by atoms with Gasteiger partial charge in [0.1, 0.15) is 0 Å². The first kappa shape index (κ1) is 25.0. The molecule has 3 heterocycles. The van der Waals surface area contributed by atoms with Crippen LogP contribution in [0.1, 0.15) is 11.1 Å². The van der Waals surface area contributed by atoms with Crippen LogP contribution in [0.25, 0.3) is 22.4 Å². The van der Waals surface area contributed by atoms with E-state index in [4.69, 9.17) is 5.73 Å². The van der Waals surface area contributed by atoms with Crippen molar-refractivity contribution >= 4 is 72.9 Å². The molecule has 0 bridgehead atoms. The normalized spacial score (nSPS) is 14.7. The minimum atomic E-state index is -3.48. The van der Waals surface area contributed by atoms with E-state index < -0.39 is 10.0 Å². The van der Waals surface area contributed by atoms with Crippen LogP contribution in [0, 0.1) is 0 Å². The molecule has 0 radical (unpaired) electrons. The highest BCUT2D eigenvalue weighted by molar-refractivity contribution is 7.89. The van der Waals surface area contributed by atoms with Crippen LogP contribution < -0.4 is 16.4 Å². The lowest BCUT2D eigenvalue weighted by molar-refractivity contribution is 0.360. The summed E-state index contributed by atoms with van der Waals surface area (Å²) in [6.07, 6.45) is 7.36. The lowest BCUT2D eigenvalue weighted by atomic mass is 10.2. The summed E-state index contributed by atoms with van der Waals surface area (Å²) in [6.45, 7) is 2.28. The number of nitrogens with one attached hydrogen (secondary N) is 2. The van der Waals surface area contributed by atoms with E-state index in [1.54, 1.807) is 36.7 Å². The maximum absolute atomic E-state index is 12.8. The molecule has 9 nitrogen and oxygen atoms in total. The Morgan fingerprint density at radius 3 is 2.40 bits per heavy atom. The van der Waals surface area contributed by atoms with Gasteiger partial charge in [0.25, 0.3) is 0 Å². The Labute approximate surface area is 213 Å². The van der Waals surface area contributed by atoms with Crippen LogP contribution in [-0.4, -0.2) is 53.9 Å². The van der Waals surface area contributed by atoms with E-state index in [0.717, 1.165) is 21.3 Å². The topological polar surface area (TPSA) is 126 Å². The first-order chi connectivity index (χ1) is 16.5. The molecule has 0 spiro atoms. The van der Waals surface area contributed by atoms with E-state index in [0.29, 0.717) is 42.9 Å². The Kier molecular flexibility index (Phi) is 7.63. The van der Waals surface area contributed by atoms with E-state index in [9.17, 15) is 8.42 Å². The molecule has 2 aromatic carbocycles. The number of thiazole rings is 1. The van der Waals surface area contributed by atoms with E-state index in [1.807, 2.05) is 30.4 Å². The molecule has 35 heavy (non-hydrogen) atoms. The number of hydrogen-bond acceptors (Lipinski definition) is 9. The van der Waals surface area contributed by atoms with Crippen molar-refractivity contribution in [3.05, 3.63) is 66.0 Å². The summed E-state index contributed by atoms with van der Waals surface area (Å²) in [5.74, 6) is 0.427. The number of sulfonamides is 1. The van der Waals surface area contributed by atoms with Gasteiger partial charge >= 0.3 is 0 Å². The average molecular weight is 530 g/mol. The highest BCUT2D eigenvalue weighted by atomic mass is 35.5. The van der Waals surface area contributed by atoms with Crippen molar-refractivity contribution in [1.82, 2.24) is 24.6 Å². The lowest BCUT2D eigenvalue weighted by Crippen LogP contribution is -2.46. The summed E-state index contributed by atoms with van der Waals surface area (Å²) >= 11 is 1.46. The summed E-state index contributed by atoms with van der Waals surface area (Å²) in [6, 6.07) is 12.6. The zero-order chi connectivity index (χ0) is 23.5. The van der Waals surface area contributed by atoms with Gasteiger partial charge in [-0.15, -0.1) is 12.4 Å². The van der Waals surface area contributed by atoms with E-state index in [-0.39, 0.29) is 17.3 Å². The summed E-state index contributed by atoms with van der Waals surface area (Å²) in [5, 5.41) is 6.82. The molecule has 4 aromatic rings.